The van der Waals surface area contributed by atoms with E-state index in [1.807, 2.05) is 0 Å². The van der Waals surface area contributed by atoms with Gasteiger partial charge in [-0.2, -0.15) is 13.2 Å². The lowest BCUT2D eigenvalue weighted by Crippen LogP contribution is -2.44. The van der Waals surface area contributed by atoms with Crippen LogP contribution >= 0.6 is 0 Å². The van der Waals surface area contributed by atoms with E-state index in [1.165, 1.54) is 36.7 Å². The summed E-state index contributed by atoms with van der Waals surface area (Å²) in [6, 6.07) is 7.92. The Morgan fingerprint density at radius 1 is 0.833 bits per heavy atom. The average molecular weight is 254 g/mol. The Bertz CT molecular complexity index is 474. The van der Waals surface area contributed by atoms with Gasteiger partial charge < -0.3 is 5.11 Å². The molecule has 0 aliphatic carbocycles. The third-order valence-corrected chi connectivity index (χ3v) is 2.48. The number of aromatic nitrogens is 2. The summed E-state index contributed by atoms with van der Waals surface area (Å²) < 4.78 is 39.4. The van der Waals surface area contributed by atoms with Gasteiger partial charge in [0.1, 0.15) is 0 Å². The molecule has 1 N–H and O–H groups in total. The maximum Gasteiger partial charge on any atom is 0.428 e. The predicted molar refractivity (Wildman–Crippen MR) is 57.5 cm³/mol. The molecule has 0 radical (unpaired) electrons. The van der Waals surface area contributed by atoms with Crippen LogP contribution in [0.25, 0.3) is 0 Å². The maximum atomic E-state index is 13.1. The van der Waals surface area contributed by atoms with Crippen molar-refractivity contribution < 1.29 is 18.3 Å². The fourth-order valence-corrected chi connectivity index (χ4v) is 1.58. The zero-order valence-electron chi connectivity index (χ0n) is 9.09. The highest BCUT2D eigenvalue weighted by atomic mass is 19.4. The van der Waals surface area contributed by atoms with Gasteiger partial charge in [-0.1, -0.05) is 12.1 Å². The Balaban J connectivity index is 2.63. The van der Waals surface area contributed by atoms with Crippen LogP contribution in [-0.2, 0) is 5.60 Å². The van der Waals surface area contributed by atoms with Crippen molar-refractivity contribution in [3.63, 3.8) is 0 Å². The van der Waals surface area contributed by atoms with Gasteiger partial charge in [-0.3, -0.25) is 9.97 Å². The zero-order chi connectivity index (χ0) is 13.2. The first-order valence-corrected chi connectivity index (χ1v) is 5.08. The topological polar surface area (TPSA) is 46.0 Å². The summed E-state index contributed by atoms with van der Waals surface area (Å²) in [6.45, 7) is 0. The van der Waals surface area contributed by atoms with Gasteiger partial charge in [-0.25, -0.2) is 0 Å². The maximum absolute atomic E-state index is 13.1. The number of hydrogen-bond acceptors (Lipinski definition) is 3. The lowest BCUT2D eigenvalue weighted by molar-refractivity contribution is -0.251. The first kappa shape index (κ1) is 12.5. The second kappa shape index (κ2) is 4.38. The van der Waals surface area contributed by atoms with Gasteiger partial charge in [0.25, 0.3) is 0 Å². The van der Waals surface area contributed by atoms with E-state index in [1.54, 1.807) is 0 Å². The van der Waals surface area contributed by atoms with Crippen LogP contribution in [0.2, 0.25) is 0 Å². The summed E-state index contributed by atoms with van der Waals surface area (Å²) in [7, 11) is 0. The van der Waals surface area contributed by atoms with Crippen molar-refractivity contribution in [3.05, 3.63) is 60.2 Å². The van der Waals surface area contributed by atoms with Crippen LogP contribution in [0.5, 0.6) is 0 Å². The van der Waals surface area contributed by atoms with Crippen molar-refractivity contribution in [2.45, 2.75) is 11.8 Å². The highest BCUT2D eigenvalue weighted by Gasteiger charge is 2.58. The molecule has 0 aliphatic heterocycles. The van der Waals surface area contributed by atoms with Gasteiger partial charge in [0, 0.05) is 12.4 Å². The smallest absolute Gasteiger partial charge is 0.370 e. The minimum Gasteiger partial charge on any atom is -0.370 e. The molecule has 0 saturated carbocycles. The van der Waals surface area contributed by atoms with Gasteiger partial charge in [-0.05, 0) is 24.3 Å². The van der Waals surface area contributed by atoms with Crippen LogP contribution in [0.1, 0.15) is 11.4 Å². The minimum absolute atomic E-state index is 0.504. The molecule has 18 heavy (non-hydrogen) atoms. The molecule has 3 nitrogen and oxygen atoms in total. The summed E-state index contributed by atoms with van der Waals surface area (Å²) in [5, 5.41) is 10.0. The number of nitrogens with zero attached hydrogens (tertiary/aromatic N) is 2. The van der Waals surface area contributed by atoms with Gasteiger partial charge in [-0.15, -0.1) is 0 Å². The van der Waals surface area contributed by atoms with Crippen LogP contribution in [0.15, 0.2) is 48.8 Å². The molecule has 6 heteroatoms. The number of aliphatic hydroxyl groups is 1. The van der Waals surface area contributed by atoms with Crippen molar-refractivity contribution in [1.82, 2.24) is 9.97 Å². The summed E-state index contributed by atoms with van der Waals surface area (Å²) in [6.07, 6.45) is -2.53. The quantitative estimate of drug-likeness (QED) is 0.894. The zero-order valence-corrected chi connectivity index (χ0v) is 9.09. The molecule has 94 valence electrons. The van der Waals surface area contributed by atoms with E-state index in [0.717, 1.165) is 12.1 Å². The molecular weight excluding hydrogens is 245 g/mol. The monoisotopic (exact) mass is 254 g/mol. The summed E-state index contributed by atoms with van der Waals surface area (Å²) >= 11 is 0. The molecule has 0 saturated heterocycles. The largest absolute Gasteiger partial charge is 0.428 e. The fraction of sp³-hybridized carbons (Fsp3) is 0.167. The Hall–Kier alpha value is -1.95. The summed E-state index contributed by atoms with van der Waals surface area (Å²) in [5.74, 6) is 0. The summed E-state index contributed by atoms with van der Waals surface area (Å²) in [4.78, 5) is 7.17. The number of rotatable bonds is 2. The molecule has 0 fully saturated rings. The van der Waals surface area contributed by atoms with Gasteiger partial charge in [0.15, 0.2) is 0 Å². The van der Waals surface area contributed by atoms with E-state index >= 15 is 0 Å². The number of halogens is 3. The molecule has 0 spiro atoms. The molecule has 0 aliphatic rings. The van der Waals surface area contributed by atoms with Crippen LogP contribution in [0.3, 0.4) is 0 Å². The first-order valence-electron chi connectivity index (χ1n) is 5.08. The SMILES string of the molecule is OC(c1ccccn1)(c1ccccn1)C(F)(F)F. The van der Waals surface area contributed by atoms with E-state index in [4.69, 9.17) is 0 Å². The van der Waals surface area contributed by atoms with Crippen molar-refractivity contribution in [3.8, 4) is 0 Å². The highest BCUT2D eigenvalue weighted by Crippen LogP contribution is 2.42. The second-order valence-corrected chi connectivity index (χ2v) is 3.64. The second-order valence-electron chi connectivity index (χ2n) is 3.64. The van der Waals surface area contributed by atoms with Crippen LogP contribution in [-0.4, -0.2) is 21.3 Å². The predicted octanol–water partition coefficient (Wildman–Crippen LogP) is 2.27. The van der Waals surface area contributed by atoms with Gasteiger partial charge in [0.2, 0.25) is 5.60 Å². The fourth-order valence-electron chi connectivity index (χ4n) is 1.58. The Kier molecular flexibility index (Phi) is 3.04. The molecule has 0 aromatic carbocycles. The van der Waals surface area contributed by atoms with E-state index < -0.39 is 23.2 Å². The first-order chi connectivity index (χ1) is 8.46. The van der Waals surface area contributed by atoms with E-state index in [2.05, 4.69) is 9.97 Å². The van der Waals surface area contributed by atoms with Gasteiger partial charge >= 0.3 is 6.18 Å². The molecule has 2 aromatic heterocycles. The van der Waals surface area contributed by atoms with Crippen LogP contribution in [0, 0.1) is 0 Å². The standard InChI is InChI=1S/C12H9F3N2O/c13-12(14,15)11(18,9-5-1-3-7-16-9)10-6-2-4-8-17-10/h1-8,18H. The number of pyridine rings is 2. The molecular formula is C12H9F3N2O. The number of alkyl halides is 3. The molecule has 2 heterocycles. The Labute approximate surface area is 101 Å². The van der Waals surface area contributed by atoms with E-state index in [9.17, 15) is 18.3 Å². The van der Waals surface area contributed by atoms with Gasteiger partial charge in [0.05, 0.1) is 11.4 Å². The Morgan fingerprint density at radius 3 is 1.56 bits per heavy atom. The lowest BCUT2D eigenvalue weighted by Gasteiger charge is -2.29. The van der Waals surface area contributed by atoms with Crippen molar-refractivity contribution in [2.75, 3.05) is 0 Å². The van der Waals surface area contributed by atoms with E-state index in [0.29, 0.717) is 0 Å². The molecule has 0 unspecified atom stereocenters. The van der Waals surface area contributed by atoms with Crippen LogP contribution < -0.4 is 0 Å². The van der Waals surface area contributed by atoms with Crippen molar-refractivity contribution >= 4 is 0 Å². The highest BCUT2D eigenvalue weighted by molar-refractivity contribution is 5.29. The van der Waals surface area contributed by atoms with E-state index in [-0.39, 0.29) is 0 Å². The Morgan fingerprint density at radius 2 is 1.28 bits per heavy atom. The molecule has 2 rings (SSSR count). The normalized spacial score (nSPS) is 12.4. The molecule has 0 amide bonds. The minimum atomic E-state index is -4.91. The number of hydrogen-bond donors (Lipinski definition) is 1. The summed E-state index contributed by atoms with van der Waals surface area (Å²) in [5.41, 5.74) is -4.21. The molecule has 0 bridgehead atoms. The third kappa shape index (κ3) is 1.95. The molecule has 2 aromatic rings. The van der Waals surface area contributed by atoms with Crippen molar-refractivity contribution in [2.24, 2.45) is 0 Å². The molecule has 0 atom stereocenters. The van der Waals surface area contributed by atoms with Crippen LogP contribution in [0.4, 0.5) is 13.2 Å². The average Bonchev–Trinajstić information content (AvgIpc) is 2.38. The van der Waals surface area contributed by atoms with Crippen molar-refractivity contribution in [1.29, 1.82) is 0 Å². The third-order valence-electron chi connectivity index (χ3n) is 2.48. The lowest BCUT2D eigenvalue weighted by atomic mass is 9.93.